The molecule has 0 spiro atoms. The number of piperidine rings is 2. The van der Waals surface area contributed by atoms with Crippen LogP contribution in [-0.4, -0.2) is 46.9 Å². The van der Waals surface area contributed by atoms with E-state index in [0.29, 0.717) is 24.9 Å². The minimum absolute atomic E-state index is 0.0285. The Morgan fingerprint density at radius 2 is 1.96 bits per heavy atom. The lowest BCUT2D eigenvalue weighted by Gasteiger charge is -2.46. The molecule has 0 N–H and O–H groups in total. The summed E-state index contributed by atoms with van der Waals surface area (Å²) < 4.78 is 5.23. The maximum Gasteiger partial charge on any atom is 0.240 e. The molecule has 3 heterocycles. The highest BCUT2D eigenvalue weighted by molar-refractivity contribution is 5.83. The molecule has 2 saturated heterocycles. The summed E-state index contributed by atoms with van der Waals surface area (Å²) >= 11 is 0. The normalized spacial score (nSPS) is 23.1. The van der Waals surface area contributed by atoms with E-state index in [2.05, 4.69) is 22.0 Å². The number of nitrogens with zero attached hydrogens (tertiary/aromatic N) is 3. The van der Waals surface area contributed by atoms with Gasteiger partial charge >= 0.3 is 0 Å². The number of carbonyl (C=O) groups excluding carboxylic acids is 1. The zero-order chi connectivity index (χ0) is 17.9. The van der Waals surface area contributed by atoms with Crippen LogP contribution in [0.1, 0.15) is 24.1 Å². The fraction of sp³-hybridized carbons (Fsp3) is 0.429. The number of aromatic nitrogens is 1. The molecular formula is C21H25N3O2. The summed E-state index contributed by atoms with van der Waals surface area (Å²) in [4.78, 5) is 21.9. The Balaban J connectivity index is 1.48. The van der Waals surface area contributed by atoms with Gasteiger partial charge in [0.1, 0.15) is 0 Å². The van der Waals surface area contributed by atoms with Gasteiger partial charge in [0.15, 0.2) is 0 Å². The second-order valence-corrected chi connectivity index (χ2v) is 7.25. The molecule has 0 saturated carbocycles. The first-order valence-corrected chi connectivity index (χ1v) is 9.29. The molecule has 5 nitrogen and oxygen atoms in total. The quantitative estimate of drug-likeness (QED) is 0.831. The molecule has 2 atom stereocenters. The maximum atomic E-state index is 13.1. The zero-order valence-electron chi connectivity index (χ0n) is 15.2. The number of hydrogen-bond acceptors (Lipinski definition) is 4. The van der Waals surface area contributed by atoms with Crippen LogP contribution < -0.4 is 4.74 Å². The van der Waals surface area contributed by atoms with E-state index in [0.717, 1.165) is 31.6 Å². The molecule has 1 aromatic heterocycles. The monoisotopic (exact) mass is 351 g/mol. The fourth-order valence-corrected chi connectivity index (χ4v) is 4.13. The van der Waals surface area contributed by atoms with Gasteiger partial charge in [-0.25, -0.2) is 4.98 Å². The standard InChI is InChI=1S/C21H25N3O2/c1-26-20-9-5-8-18(22-20)15-23-11-10-17-12-19(23)21(25)24(14-17)13-16-6-3-2-4-7-16/h2-9,17,19H,10-15H2,1H3/t17-,19+/m0/s1. The Labute approximate surface area is 154 Å². The first kappa shape index (κ1) is 17.0. The summed E-state index contributed by atoms with van der Waals surface area (Å²) in [6.45, 7) is 3.24. The highest BCUT2D eigenvalue weighted by Gasteiger charge is 2.41. The summed E-state index contributed by atoms with van der Waals surface area (Å²) in [5.74, 6) is 1.49. The number of methoxy groups -OCH3 is 1. The summed E-state index contributed by atoms with van der Waals surface area (Å²) in [6, 6.07) is 16.0. The number of amides is 1. The molecule has 0 unspecified atom stereocenters. The molecule has 2 bridgehead atoms. The van der Waals surface area contributed by atoms with Gasteiger partial charge in [-0.1, -0.05) is 36.4 Å². The van der Waals surface area contributed by atoms with Crippen molar-refractivity contribution >= 4 is 5.91 Å². The van der Waals surface area contributed by atoms with Crippen LogP contribution in [0.4, 0.5) is 0 Å². The van der Waals surface area contributed by atoms with Crippen molar-refractivity contribution in [2.24, 2.45) is 5.92 Å². The molecule has 0 radical (unpaired) electrons. The van der Waals surface area contributed by atoms with Crippen LogP contribution in [0.3, 0.4) is 0 Å². The predicted molar refractivity (Wildman–Crippen MR) is 99.6 cm³/mol. The van der Waals surface area contributed by atoms with Crippen molar-refractivity contribution in [3.05, 3.63) is 59.8 Å². The van der Waals surface area contributed by atoms with Crippen molar-refractivity contribution in [2.75, 3.05) is 20.2 Å². The lowest BCUT2D eigenvalue weighted by molar-refractivity contribution is -0.146. The number of carbonyl (C=O) groups is 1. The van der Waals surface area contributed by atoms with Gasteiger partial charge in [0.2, 0.25) is 11.8 Å². The zero-order valence-corrected chi connectivity index (χ0v) is 15.2. The highest BCUT2D eigenvalue weighted by atomic mass is 16.5. The molecule has 2 aromatic rings. The Morgan fingerprint density at radius 3 is 2.77 bits per heavy atom. The summed E-state index contributed by atoms with van der Waals surface area (Å²) in [6.07, 6.45) is 2.10. The first-order chi connectivity index (χ1) is 12.7. The number of rotatable bonds is 5. The van der Waals surface area contributed by atoms with Gasteiger partial charge in [-0.2, -0.15) is 0 Å². The molecule has 1 amide bonds. The van der Waals surface area contributed by atoms with Gasteiger partial charge in [-0.15, -0.1) is 0 Å². The molecule has 26 heavy (non-hydrogen) atoms. The van der Waals surface area contributed by atoms with Crippen LogP contribution in [0.2, 0.25) is 0 Å². The Bertz CT molecular complexity index is 765. The van der Waals surface area contributed by atoms with Crippen molar-refractivity contribution in [2.45, 2.75) is 32.0 Å². The van der Waals surface area contributed by atoms with Gasteiger partial charge in [0, 0.05) is 25.7 Å². The Hall–Kier alpha value is -2.40. The number of benzene rings is 1. The van der Waals surface area contributed by atoms with E-state index in [4.69, 9.17) is 4.74 Å². The second-order valence-electron chi connectivity index (χ2n) is 7.25. The average Bonchev–Trinajstić information content (AvgIpc) is 2.68. The average molecular weight is 351 g/mol. The van der Waals surface area contributed by atoms with Crippen LogP contribution >= 0.6 is 0 Å². The van der Waals surface area contributed by atoms with E-state index >= 15 is 0 Å². The number of ether oxygens (including phenoxy) is 1. The fourth-order valence-electron chi connectivity index (χ4n) is 4.13. The summed E-state index contributed by atoms with van der Waals surface area (Å²) in [5, 5.41) is 0. The minimum Gasteiger partial charge on any atom is -0.481 e. The van der Waals surface area contributed by atoms with Crippen molar-refractivity contribution in [3.63, 3.8) is 0 Å². The third-order valence-electron chi connectivity index (χ3n) is 5.47. The van der Waals surface area contributed by atoms with Crippen LogP contribution in [-0.2, 0) is 17.9 Å². The largest absolute Gasteiger partial charge is 0.481 e. The maximum absolute atomic E-state index is 13.1. The van der Waals surface area contributed by atoms with Crippen LogP contribution in [0, 0.1) is 5.92 Å². The molecule has 2 fully saturated rings. The number of pyridine rings is 1. The van der Waals surface area contributed by atoms with Crippen LogP contribution in [0.5, 0.6) is 5.88 Å². The SMILES string of the molecule is COc1cccc(CN2CC[C@H]3C[C@@H]2C(=O)N(Cc2ccccc2)C3)n1. The van der Waals surface area contributed by atoms with Gasteiger partial charge in [0.05, 0.1) is 18.8 Å². The Kier molecular flexibility index (Phi) is 4.89. The minimum atomic E-state index is -0.0285. The molecule has 5 heteroatoms. The topological polar surface area (TPSA) is 45.7 Å². The van der Waals surface area contributed by atoms with Crippen LogP contribution in [0.25, 0.3) is 0 Å². The van der Waals surface area contributed by atoms with E-state index < -0.39 is 0 Å². The van der Waals surface area contributed by atoms with Crippen molar-refractivity contribution in [3.8, 4) is 5.88 Å². The van der Waals surface area contributed by atoms with Crippen molar-refractivity contribution in [1.29, 1.82) is 0 Å². The number of fused-ring (bicyclic) bond motifs is 2. The lowest BCUT2D eigenvalue weighted by Crippen LogP contribution is -2.58. The van der Waals surface area contributed by atoms with E-state index in [1.807, 2.05) is 41.3 Å². The molecular weight excluding hydrogens is 326 g/mol. The van der Waals surface area contributed by atoms with Gasteiger partial charge in [-0.05, 0) is 36.9 Å². The smallest absolute Gasteiger partial charge is 0.240 e. The van der Waals surface area contributed by atoms with Gasteiger partial charge in [0.25, 0.3) is 0 Å². The summed E-state index contributed by atoms with van der Waals surface area (Å²) in [7, 11) is 1.63. The molecule has 1 aromatic carbocycles. The Morgan fingerprint density at radius 1 is 1.12 bits per heavy atom. The lowest BCUT2D eigenvalue weighted by atomic mass is 9.85. The number of hydrogen-bond donors (Lipinski definition) is 0. The predicted octanol–water partition coefficient (Wildman–Crippen LogP) is 2.71. The van der Waals surface area contributed by atoms with Crippen molar-refractivity contribution < 1.29 is 9.53 Å². The van der Waals surface area contributed by atoms with Crippen LogP contribution in [0.15, 0.2) is 48.5 Å². The van der Waals surface area contributed by atoms with Crippen molar-refractivity contribution in [1.82, 2.24) is 14.8 Å². The number of likely N-dealkylation sites (tertiary alicyclic amines) is 2. The van der Waals surface area contributed by atoms with E-state index in [1.54, 1.807) is 7.11 Å². The highest BCUT2D eigenvalue weighted by Crippen LogP contribution is 2.31. The third kappa shape index (κ3) is 3.58. The molecule has 2 aliphatic heterocycles. The first-order valence-electron chi connectivity index (χ1n) is 9.29. The van der Waals surface area contributed by atoms with E-state index in [-0.39, 0.29) is 11.9 Å². The van der Waals surface area contributed by atoms with E-state index in [9.17, 15) is 4.79 Å². The van der Waals surface area contributed by atoms with Gasteiger partial charge < -0.3 is 9.64 Å². The second kappa shape index (κ2) is 7.46. The molecule has 2 aliphatic rings. The van der Waals surface area contributed by atoms with E-state index in [1.165, 1.54) is 5.56 Å². The molecule has 4 rings (SSSR count). The van der Waals surface area contributed by atoms with Gasteiger partial charge in [-0.3, -0.25) is 9.69 Å². The third-order valence-corrected chi connectivity index (χ3v) is 5.47. The molecule has 0 aliphatic carbocycles. The molecule has 136 valence electrons. The summed E-state index contributed by atoms with van der Waals surface area (Å²) in [5.41, 5.74) is 2.15.